The lowest BCUT2D eigenvalue weighted by Gasteiger charge is -2.15. The summed E-state index contributed by atoms with van der Waals surface area (Å²) >= 11 is 3.37. The maximum absolute atomic E-state index is 12.5. The van der Waals surface area contributed by atoms with E-state index in [1.54, 1.807) is 10.6 Å². The lowest BCUT2D eigenvalue weighted by Crippen LogP contribution is -2.33. The van der Waals surface area contributed by atoms with Gasteiger partial charge in [-0.1, -0.05) is 13.3 Å². The van der Waals surface area contributed by atoms with Crippen molar-refractivity contribution in [3.05, 3.63) is 34.2 Å². The van der Waals surface area contributed by atoms with Crippen molar-refractivity contribution >= 4 is 33.5 Å². The number of aliphatic carboxylic acids is 1. The van der Waals surface area contributed by atoms with Gasteiger partial charge >= 0.3 is 5.97 Å². The summed E-state index contributed by atoms with van der Waals surface area (Å²) in [5, 5.41) is 8.84. The number of fused-ring (bicyclic) bond motifs is 1. The van der Waals surface area contributed by atoms with Crippen molar-refractivity contribution in [3.63, 3.8) is 0 Å². The number of carbonyl (C=O) groups excluding carboxylic acids is 1. The van der Waals surface area contributed by atoms with Crippen LogP contribution < -0.4 is 0 Å². The van der Waals surface area contributed by atoms with Gasteiger partial charge in [0.1, 0.15) is 17.9 Å². The van der Waals surface area contributed by atoms with Crippen LogP contribution in [-0.4, -0.2) is 44.9 Å². The van der Waals surface area contributed by atoms with E-state index in [1.165, 1.54) is 11.9 Å². The largest absolute Gasteiger partial charge is 0.480 e. The molecule has 0 fully saturated rings. The SMILES string of the molecule is CCCc1nc2ccc(Br)cn2c1C(=O)N(C)CC(=O)O. The summed E-state index contributed by atoms with van der Waals surface area (Å²) in [6, 6.07) is 3.67. The molecule has 0 saturated heterocycles. The second-order valence-electron chi connectivity index (χ2n) is 4.79. The smallest absolute Gasteiger partial charge is 0.323 e. The Morgan fingerprint density at radius 3 is 2.76 bits per heavy atom. The molecule has 2 aromatic heterocycles. The second kappa shape index (κ2) is 6.26. The lowest BCUT2D eigenvalue weighted by molar-refractivity contribution is -0.137. The van der Waals surface area contributed by atoms with E-state index >= 15 is 0 Å². The summed E-state index contributed by atoms with van der Waals surface area (Å²) in [5.74, 6) is -1.38. The van der Waals surface area contributed by atoms with E-state index in [4.69, 9.17) is 5.11 Å². The molecule has 2 aromatic rings. The van der Waals surface area contributed by atoms with Crippen LogP contribution in [-0.2, 0) is 11.2 Å². The number of carbonyl (C=O) groups is 2. The molecule has 0 bridgehead atoms. The number of likely N-dealkylation sites (N-methyl/N-ethyl adjacent to an activating group) is 1. The number of carboxylic acids is 1. The Labute approximate surface area is 130 Å². The Balaban J connectivity index is 2.53. The van der Waals surface area contributed by atoms with E-state index in [0.717, 1.165) is 10.9 Å². The molecule has 0 aliphatic rings. The minimum Gasteiger partial charge on any atom is -0.480 e. The third-order valence-electron chi connectivity index (χ3n) is 3.06. The molecule has 0 aliphatic heterocycles. The van der Waals surface area contributed by atoms with Crippen LogP contribution in [0.25, 0.3) is 5.65 Å². The minimum absolute atomic E-state index is 0.341. The standard InChI is InChI=1S/C14H16BrN3O3/c1-3-4-10-13(14(21)17(2)8-12(19)20)18-7-9(15)5-6-11(18)16-10/h5-7H,3-4,8H2,1-2H3,(H,19,20). The Morgan fingerprint density at radius 2 is 2.14 bits per heavy atom. The maximum Gasteiger partial charge on any atom is 0.323 e. The van der Waals surface area contributed by atoms with E-state index in [1.807, 2.05) is 19.1 Å². The molecule has 0 aliphatic carbocycles. The van der Waals surface area contributed by atoms with Crippen molar-refractivity contribution in [2.75, 3.05) is 13.6 Å². The van der Waals surface area contributed by atoms with E-state index in [9.17, 15) is 9.59 Å². The van der Waals surface area contributed by atoms with Crippen LogP contribution in [0.5, 0.6) is 0 Å². The highest BCUT2D eigenvalue weighted by atomic mass is 79.9. The minimum atomic E-state index is -1.04. The number of pyridine rings is 1. The molecule has 0 saturated carbocycles. The molecule has 0 spiro atoms. The molecule has 7 heteroatoms. The van der Waals surface area contributed by atoms with Gasteiger partial charge in [-0.05, 0) is 34.5 Å². The molecule has 2 rings (SSSR count). The number of carboxylic acid groups (broad SMARTS) is 1. The summed E-state index contributed by atoms with van der Waals surface area (Å²) in [7, 11) is 1.48. The number of aryl methyl sites for hydroxylation is 1. The van der Waals surface area contributed by atoms with Gasteiger partial charge in [-0.3, -0.25) is 14.0 Å². The third-order valence-corrected chi connectivity index (χ3v) is 3.53. The van der Waals surface area contributed by atoms with Gasteiger partial charge < -0.3 is 10.0 Å². The van der Waals surface area contributed by atoms with Crippen LogP contribution in [0.15, 0.2) is 22.8 Å². The van der Waals surface area contributed by atoms with E-state index < -0.39 is 5.97 Å². The van der Waals surface area contributed by atoms with Gasteiger partial charge in [0.2, 0.25) is 0 Å². The van der Waals surface area contributed by atoms with Gasteiger partial charge in [-0.25, -0.2) is 4.98 Å². The zero-order valence-electron chi connectivity index (χ0n) is 11.8. The van der Waals surface area contributed by atoms with Gasteiger partial charge in [-0.15, -0.1) is 0 Å². The van der Waals surface area contributed by atoms with Crippen molar-refractivity contribution in [3.8, 4) is 0 Å². The molecular weight excluding hydrogens is 338 g/mol. The molecule has 2 heterocycles. The van der Waals surface area contributed by atoms with Crippen LogP contribution in [0.4, 0.5) is 0 Å². The average Bonchev–Trinajstić information content (AvgIpc) is 2.74. The predicted octanol–water partition coefficient (Wildman–Crippen LogP) is 2.21. The first-order chi connectivity index (χ1) is 9.93. The Bertz CT molecular complexity index is 696. The number of imidazole rings is 1. The molecule has 0 unspecified atom stereocenters. The topological polar surface area (TPSA) is 74.9 Å². The van der Waals surface area contributed by atoms with E-state index in [0.29, 0.717) is 23.5 Å². The van der Waals surface area contributed by atoms with Crippen molar-refractivity contribution in [1.29, 1.82) is 0 Å². The number of amides is 1. The maximum atomic E-state index is 12.5. The van der Waals surface area contributed by atoms with Gasteiger partial charge in [0.15, 0.2) is 0 Å². The van der Waals surface area contributed by atoms with Gasteiger partial charge in [0.25, 0.3) is 5.91 Å². The first kappa shape index (κ1) is 15.5. The van der Waals surface area contributed by atoms with Crippen LogP contribution >= 0.6 is 15.9 Å². The van der Waals surface area contributed by atoms with Gasteiger partial charge in [0, 0.05) is 17.7 Å². The van der Waals surface area contributed by atoms with Crippen molar-refractivity contribution in [2.24, 2.45) is 0 Å². The third kappa shape index (κ3) is 3.24. The first-order valence-corrected chi connectivity index (χ1v) is 7.37. The van der Waals surface area contributed by atoms with Crippen LogP contribution in [0.1, 0.15) is 29.5 Å². The van der Waals surface area contributed by atoms with Crippen molar-refractivity contribution in [1.82, 2.24) is 14.3 Å². The quantitative estimate of drug-likeness (QED) is 0.893. The summed E-state index contributed by atoms with van der Waals surface area (Å²) < 4.78 is 2.53. The molecule has 0 atom stereocenters. The fourth-order valence-corrected chi connectivity index (χ4v) is 2.50. The monoisotopic (exact) mass is 353 g/mol. The number of nitrogens with zero attached hydrogens (tertiary/aromatic N) is 3. The fraction of sp³-hybridized carbons (Fsp3) is 0.357. The predicted molar refractivity (Wildman–Crippen MR) is 81.5 cm³/mol. The van der Waals surface area contributed by atoms with Crippen molar-refractivity contribution < 1.29 is 14.7 Å². The molecule has 1 amide bonds. The fourth-order valence-electron chi connectivity index (χ4n) is 2.16. The molecule has 112 valence electrons. The van der Waals surface area contributed by atoms with Crippen molar-refractivity contribution in [2.45, 2.75) is 19.8 Å². The molecular formula is C14H16BrN3O3. The zero-order valence-corrected chi connectivity index (χ0v) is 13.4. The molecule has 0 radical (unpaired) electrons. The lowest BCUT2D eigenvalue weighted by atomic mass is 10.2. The zero-order chi connectivity index (χ0) is 15.6. The molecule has 21 heavy (non-hydrogen) atoms. The van der Waals surface area contributed by atoms with Crippen LogP contribution in [0.3, 0.4) is 0 Å². The summed E-state index contributed by atoms with van der Waals surface area (Å²) in [6.45, 7) is 1.67. The average molecular weight is 354 g/mol. The van der Waals surface area contributed by atoms with E-state index in [2.05, 4.69) is 20.9 Å². The Kier molecular flexibility index (Phi) is 4.62. The first-order valence-electron chi connectivity index (χ1n) is 6.57. The Hall–Kier alpha value is -1.89. The number of rotatable bonds is 5. The highest BCUT2D eigenvalue weighted by Gasteiger charge is 2.23. The molecule has 1 N–H and O–H groups in total. The number of aromatic nitrogens is 2. The number of halogens is 1. The highest BCUT2D eigenvalue weighted by molar-refractivity contribution is 9.10. The molecule has 0 aromatic carbocycles. The van der Waals surface area contributed by atoms with Gasteiger partial charge in [-0.2, -0.15) is 0 Å². The highest BCUT2D eigenvalue weighted by Crippen LogP contribution is 2.19. The summed E-state index contributed by atoms with van der Waals surface area (Å²) in [4.78, 5) is 29.0. The van der Waals surface area contributed by atoms with Crippen LogP contribution in [0.2, 0.25) is 0 Å². The number of hydrogen-bond acceptors (Lipinski definition) is 3. The van der Waals surface area contributed by atoms with E-state index in [-0.39, 0.29) is 12.5 Å². The van der Waals surface area contributed by atoms with Crippen LogP contribution in [0, 0.1) is 0 Å². The molecule has 6 nitrogen and oxygen atoms in total. The van der Waals surface area contributed by atoms with Gasteiger partial charge in [0.05, 0.1) is 5.69 Å². The Morgan fingerprint density at radius 1 is 1.43 bits per heavy atom. The summed E-state index contributed by atoms with van der Waals surface area (Å²) in [5.41, 5.74) is 1.79. The summed E-state index contributed by atoms with van der Waals surface area (Å²) in [6.07, 6.45) is 3.29. The normalized spacial score (nSPS) is 10.8. The second-order valence-corrected chi connectivity index (χ2v) is 5.70. The number of hydrogen-bond donors (Lipinski definition) is 1.